The Morgan fingerprint density at radius 3 is 1.95 bits per heavy atom. The number of benzene rings is 1. The van der Waals surface area contributed by atoms with Gasteiger partial charge in [0.15, 0.2) is 0 Å². The number of ketones is 1. The molecule has 0 radical (unpaired) electrons. The summed E-state index contributed by atoms with van der Waals surface area (Å²) in [7, 11) is 0. The first-order valence-electron chi connectivity index (χ1n) is 5.94. The van der Waals surface area contributed by atoms with E-state index in [1.165, 1.54) is 0 Å². The number of rotatable bonds is 4. The highest BCUT2D eigenvalue weighted by molar-refractivity contribution is 5.98. The lowest BCUT2D eigenvalue weighted by atomic mass is 10.1. The molecular formula is C14H12N4O. The molecule has 0 bridgehead atoms. The van der Waals surface area contributed by atoms with Gasteiger partial charge in [-0.25, -0.2) is 9.36 Å². The van der Waals surface area contributed by atoms with Crippen LogP contribution in [-0.2, 0) is 0 Å². The lowest BCUT2D eigenvalue weighted by Gasteiger charge is -2.17. The van der Waals surface area contributed by atoms with Gasteiger partial charge in [0.2, 0.25) is 11.9 Å². The molecule has 5 nitrogen and oxygen atoms in total. The Morgan fingerprint density at radius 1 is 0.895 bits per heavy atom. The summed E-state index contributed by atoms with van der Waals surface area (Å²) in [4.78, 5) is 12.6. The van der Waals surface area contributed by atoms with E-state index in [9.17, 15) is 4.79 Å². The maximum absolute atomic E-state index is 12.6. The molecule has 0 N–H and O–H groups in total. The summed E-state index contributed by atoms with van der Waals surface area (Å²) in [6.45, 7) is 0. The van der Waals surface area contributed by atoms with Crippen molar-refractivity contribution < 1.29 is 4.79 Å². The molecule has 3 rings (SSSR count). The zero-order valence-electron chi connectivity index (χ0n) is 10.1. The van der Waals surface area contributed by atoms with Crippen molar-refractivity contribution in [2.45, 2.75) is 6.17 Å². The predicted octanol–water partition coefficient (Wildman–Crippen LogP) is 2.01. The molecule has 94 valence electrons. The second-order valence-corrected chi connectivity index (χ2v) is 4.08. The average Bonchev–Trinajstić information content (AvgIpc) is 3.13. The number of carbonyl (C=O) groups excluding carboxylic acids is 1. The number of Topliss-reactive ketones (excluding diaryl/α,β-unsaturated/α-hetero) is 1. The van der Waals surface area contributed by atoms with Crippen LogP contribution in [0.25, 0.3) is 0 Å². The van der Waals surface area contributed by atoms with Crippen molar-refractivity contribution in [2.75, 3.05) is 0 Å². The van der Waals surface area contributed by atoms with Gasteiger partial charge in [-0.1, -0.05) is 30.3 Å². The molecule has 1 aromatic carbocycles. The second kappa shape index (κ2) is 4.89. The number of hydrogen-bond donors (Lipinski definition) is 0. The standard InChI is InChI=1S/C14H12N4O/c19-13(12-6-2-1-3-7-12)14(17-10-4-8-15-17)18-11-5-9-16-18/h1-11,14H. The molecule has 0 aliphatic heterocycles. The summed E-state index contributed by atoms with van der Waals surface area (Å²) in [5.74, 6) is -0.0481. The van der Waals surface area contributed by atoms with Gasteiger partial charge in [-0.3, -0.25) is 4.79 Å². The molecule has 0 aliphatic carbocycles. The van der Waals surface area contributed by atoms with Gasteiger partial charge in [-0.15, -0.1) is 0 Å². The Hall–Kier alpha value is -2.69. The first kappa shape index (κ1) is 11.4. The Kier molecular flexibility index (Phi) is 2.94. The van der Waals surface area contributed by atoms with Gasteiger partial charge in [0.1, 0.15) is 0 Å². The van der Waals surface area contributed by atoms with Gasteiger partial charge in [-0.2, -0.15) is 10.2 Å². The zero-order valence-corrected chi connectivity index (χ0v) is 10.1. The van der Waals surface area contributed by atoms with Crippen LogP contribution in [0, 0.1) is 0 Å². The predicted molar refractivity (Wildman–Crippen MR) is 69.7 cm³/mol. The van der Waals surface area contributed by atoms with Gasteiger partial charge in [0.25, 0.3) is 0 Å². The Morgan fingerprint density at radius 2 is 1.47 bits per heavy atom. The molecule has 3 aromatic rings. The maximum Gasteiger partial charge on any atom is 0.209 e. The quantitative estimate of drug-likeness (QED) is 0.667. The monoisotopic (exact) mass is 252 g/mol. The van der Waals surface area contributed by atoms with E-state index in [4.69, 9.17) is 0 Å². The molecule has 0 amide bonds. The van der Waals surface area contributed by atoms with Crippen molar-refractivity contribution in [3.05, 3.63) is 72.8 Å². The van der Waals surface area contributed by atoms with E-state index < -0.39 is 6.17 Å². The topological polar surface area (TPSA) is 52.7 Å². The Balaban J connectivity index is 2.03. The summed E-state index contributed by atoms with van der Waals surface area (Å²) in [5, 5.41) is 8.31. The van der Waals surface area contributed by atoms with E-state index in [0.29, 0.717) is 5.56 Å². The number of hydrogen-bond acceptors (Lipinski definition) is 3. The van der Waals surface area contributed by atoms with E-state index in [-0.39, 0.29) is 5.78 Å². The fourth-order valence-corrected chi connectivity index (χ4v) is 1.96. The van der Waals surface area contributed by atoms with Crippen molar-refractivity contribution in [1.29, 1.82) is 0 Å². The Labute approximate surface area is 110 Å². The summed E-state index contributed by atoms with van der Waals surface area (Å²) >= 11 is 0. The van der Waals surface area contributed by atoms with E-state index >= 15 is 0 Å². The average molecular weight is 252 g/mol. The minimum atomic E-state index is -0.590. The SMILES string of the molecule is O=C(c1ccccc1)C(n1cccn1)n1cccn1. The van der Waals surface area contributed by atoms with Gasteiger partial charge in [-0.05, 0) is 12.1 Å². The van der Waals surface area contributed by atoms with Crippen LogP contribution < -0.4 is 0 Å². The highest BCUT2D eigenvalue weighted by Crippen LogP contribution is 2.15. The van der Waals surface area contributed by atoms with Crippen LogP contribution in [-0.4, -0.2) is 25.3 Å². The molecule has 5 heteroatoms. The molecule has 0 saturated heterocycles. The van der Waals surface area contributed by atoms with Crippen LogP contribution in [0.15, 0.2) is 67.3 Å². The number of aromatic nitrogens is 4. The van der Waals surface area contributed by atoms with Gasteiger partial charge >= 0.3 is 0 Å². The summed E-state index contributed by atoms with van der Waals surface area (Å²) < 4.78 is 3.20. The van der Waals surface area contributed by atoms with Crippen molar-refractivity contribution >= 4 is 5.78 Å². The van der Waals surface area contributed by atoms with Crippen LogP contribution in [0.2, 0.25) is 0 Å². The van der Waals surface area contributed by atoms with Crippen molar-refractivity contribution in [3.8, 4) is 0 Å². The van der Waals surface area contributed by atoms with Crippen LogP contribution in [0.4, 0.5) is 0 Å². The van der Waals surface area contributed by atoms with Crippen LogP contribution in [0.1, 0.15) is 16.5 Å². The molecule has 0 spiro atoms. The molecule has 2 heterocycles. The third kappa shape index (κ3) is 2.18. The third-order valence-corrected chi connectivity index (χ3v) is 2.84. The van der Waals surface area contributed by atoms with Crippen molar-refractivity contribution in [1.82, 2.24) is 19.6 Å². The fourth-order valence-electron chi connectivity index (χ4n) is 1.96. The number of carbonyl (C=O) groups is 1. The highest BCUT2D eigenvalue weighted by atomic mass is 16.1. The fraction of sp³-hybridized carbons (Fsp3) is 0.0714. The van der Waals surface area contributed by atoms with Crippen molar-refractivity contribution in [3.63, 3.8) is 0 Å². The minimum Gasteiger partial charge on any atom is -0.290 e. The molecule has 0 aliphatic rings. The molecule has 0 atom stereocenters. The Bertz CT molecular complexity index is 610. The lowest BCUT2D eigenvalue weighted by molar-refractivity contribution is 0.0886. The van der Waals surface area contributed by atoms with E-state index in [0.717, 1.165) is 0 Å². The smallest absolute Gasteiger partial charge is 0.209 e. The largest absolute Gasteiger partial charge is 0.290 e. The van der Waals surface area contributed by atoms with Crippen LogP contribution in [0.5, 0.6) is 0 Å². The zero-order chi connectivity index (χ0) is 13.1. The normalized spacial score (nSPS) is 10.8. The molecule has 2 aromatic heterocycles. The summed E-state index contributed by atoms with van der Waals surface area (Å²) in [5.41, 5.74) is 0.638. The maximum atomic E-state index is 12.6. The second-order valence-electron chi connectivity index (χ2n) is 4.08. The van der Waals surface area contributed by atoms with Gasteiger partial charge in [0.05, 0.1) is 0 Å². The molecular weight excluding hydrogens is 240 g/mol. The third-order valence-electron chi connectivity index (χ3n) is 2.84. The van der Waals surface area contributed by atoms with E-state index in [2.05, 4.69) is 10.2 Å². The van der Waals surface area contributed by atoms with E-state index in [1.54, 1.807) is 58.4 Å². The van der Waals surface area contributed by atoms with Crippen molar-refractivity contribution in [2.24, 2.45) is 0 Å². The summed E-state index contributed by atoms with van der Waals surface area (Å²) in [6.07, 6.45) is 6.22. The first-order chi connectivity index (χ1) is 9.36. The molecule has 0 unspecified atom stereocenters. The highest BCUT2D eigenvalue weighted by Gasteiger charge is 2.24. The minimum absolute atomic E-state index is 0.0481. The summed E-state index contributed by atoms with van der Waals surface area (Å²) in [6, 6.07) is 12.7. The number of nitrogens with zero attached hydrogens (tertiary/aromatic N) is 4. The van der Waals surface area contributed by atoms with Crippen LogP contribution in [0.3, 0.4) is 0 Å². The molecule has 19 heavy (non-hydrogen) atoms. The van der Waals surface area contributed by atoms with Gasteiger partial charge in [0, 0.05) is 30.4 Å². The van der Waals surface area contributed by atoms with Crippen LogP contribution >= 0.6 is 0 Å². The first-order valence-corrected chi connectivity index (χ1v) is 5.94. The van der Waals surface area contributed by atoms with Gasteiger partial charge < -0.3 is 0 Å². The van der Waals surface area contributed by atoms with E-state index in [1.807, 2.05) is 18.2 Å². The lowest BCUT2D eigenvalue weighted by Crippen LogP contribution is -2.27. The molecule has 0 saturated carbocycles. The molecule has 0 fully saturated rings.